The second-order valence-corrected chi connectivity index (χ2v) is 5.79. The zero-order valence-electron chi connectivity index (χ0n) is 13.0. The van der Waals surface area contributed by atoms with Crippen molar-refractivity contribution in [3.8, 4) is 0 Å². The summed E-state index contributed by atoms with van der Waals surface area (Å²) in [7, 11) is 0. The van der Waals surface area contributed by atoms with E-state index in [0.717, 1.165) is 19.5 Å². The number of non-ortho nitro benzene ring substituents is 1. The molecule has 0 radical (unpaired) electrons. The fourth-order valence-corrected chi connectivity index (χ4v) is 2.86. The molecule has 1 saturated heterocycles. The molecule has 2 heterocycles. The third kappa shape index (κ3) is 3.46. The predicted octanol–water partition coefficient (Wildman–Crippen LogP) is 0.761. The number of nitrogens with one attached hydrogen (secondary N) is 2. The van der Waals surface area contributed by atoms with E-state index in [9.17, 15) is 19.7 Å². The Kier molecular flexibility index (Phi) is 4.61. The van der Waals surface area contributed by atoms with Crippen LogP contribution in [0.5, 0.6) is 0 Å². The first-order chi connectivity index (χ1) is 11.5. The highest BCUT2D eigenvalue weighted by molar-refractivity contribution is 5.77. The van der Waals surface area contributed by atoms with Crippen LogP contribution < -0.4 is 16.4 Å². The summed E-state index contributed by atoms with van der Waals surface area (Å²) in [5, 5.41) is 16.9. The normalized spacial score (nSPS) is 17.2. The molecule has 2 N–H and O–H groups in total. The molecular weight excluding hydrogens is 316 g/mol. The summed E-state index contributed by atoms with van der Waals surface area (Å²) in [6.45, 7) is 2.02. The van der Waals surface area contributed by atoms with E-state index in [1.807, 2.05) is 0 Å². The molecule has 1 unspecified atom stereocenters. The topological polar surface area (TPSA) is 119 Å². The Bertz CT molecular complexity index is 819. The van der Waals surface area contributed by atoms with Crippen LogP contribution in [0.3, 0.4) is 0 Å². The highest BCUT2D eigenvalue weighted by atomic mass is 16.6. The van der Waals surface area contributed by atoms with Crippen LogP contribution in [0.15, 0.2) is 27.4 Å². The van der Waals surface area contributed by atoms with E-state index >= 15 is 0 Å². The van der Waals surface area contributed by atoms with Gasteiger partial charge in [-0.3, -0.25) is 19.5 Å². The van der Waals surface area contributed by atoms with E-state index in [2.05, 4.69) is 10.6 Å². The lowest BCUT2D eigenvalue weighted by Crippen LogP contribution is -2.36. The predicted molar refractivity (Wildman–Crippen MR) is 85.8 cm³/mol. The number of hydrogen-bond donors (Lipinski definition) is 2. The molecule has 0 aliphatic carbocycles. The summed E-state index contributed by atoms with van der Waals surface area (Å²) < 4.78 is 6.44. The van der Waals surface area contributed by atoms with Crippen molar-refractivity contribution in [1.29, 1.82) is 0 Å². The lowest BCUT2D eigenvalue weighted by molar-refractivity contribution is -0.384. The van der Waals surface area contributed by atoms with Gasteiger partial charge in [-0.25, -0.2) is 4.79 Å². The van der Waals surface area contributed by atoms with Crippen molar-refractivity contribution >= 4 is 22.7 Å². The minimum absolute atomic E-state index is 0.0415. The van der Waals surface area contributed by atoms with Crippen LogP contribution in [0.1, 0.15) is 19.3 Å². The van der Waals surface area contributed by atoms with Gasteiger partial charge < -0.3 is 15.1 Å². The third-order valence-electron chi connectivity index (χ3n) is 4.07. The number of nitro groups is 1. The third-order valence-corrected chi connectivity index (χ3v) is 4.07. The molecule has 128 valence electrons. The van der Waals surface area contributed by atoms with Crippen molar-refractivity contribution in [2.45, 2.75) is 31.8 Å². The molecule has 1 aliphatic heterocycles. The molecule has 9 heteroatoms. The number of fused-ring (bicyclic) bond motifs is 1. The molecule has 1 aromatic carbocycles. The van der Waals surface area contributed by atoms with Gasteiger partial charge in [0.15, 0.2) is 5.58 Å². The van der Waals surface area contributed by atoms with Gasteiger partial charge in [0.05, 0.1) is 16.5 Å². The summed E-state index contributed by atoms with van der Waals surface area (Å²) in [6.07, 6.45) is 1.72. The summed E-state index contributed by atoms with van der Waals surface area (Å²) in [5.41, 5.74) is 0.537. The summed E-state index contributed by atoms with van der Waals surface area (Å²) in [4.78, 5) is 34.0. The Morgan fingerprint density at radius 1 is 1.50 bits per heavy atom. The van der Waals surface area contributed by atoms with Gasteiger partial charge in [0.25, 0.3) is 5.69 Å². The van der Waals surface area contributed by atoms with Crippen LogP contribution in [0.2, 0.25) is 0 Å². The molecule has 1 atom stereocenters. The Hall–Kier alpha value is -2.68. The molecular formula is C15H18N4O5. The number of benzene rings is 1. The molecule has 1 fully saturated rings. The van der Waals surface area contributed by atoms with Gasteiger partial charge in [-0.05, 0) is 25.5 Å². The summed E-state index contributed by atoms with van der Waals surface area (Å²) in [6, 6.07) is 4.22. The Balaban J connectivity index is 1.62. The van der Waals surface area contributed by atoms with Crippen molar-refractivity contribution in [2.24, 2.45) is 0 Å². The van der Waals surface area contributed by atoms with Crippen molar-refractivity contribution in [1.82, 2.24) is 15.2 Å². The van der Waals surface area contributed by atoms with E-state index in [1.165, 1.54) is 22.8 Å². The maximum Gasteiger partial charge on any atom is 0.419 e. The molecule has 2 aromatic rings. The van der Waals surface area contributed by atoms with Crippen molar-refractivity contribution in [2.75, 3.05) is 13.1 Å². The zero-order valence-corrected chi connectivity index (χ0v) is 13.0. The van der Waals surface area contributed by atoms with Crippen LogP contribution in [-0.4, -0.2) is 34.5 Å². The fourth-order valence-electron chi connectivity index (χ4n) is 2.86. The number of nitro benzene ring substituents is 1. The molecule has 9 nitrogen and oxygen atoms in total. The molecule has 1 amide bonds. The number of nitrogens with zero attached hydrogens (tertiary/aromatic N) is 2. The lowest BCUT2D eigenvalue weighted by atomic mass is 10.2. The average Bonchev–Trinajstić information content (AvgIpc) is 3.14. The number of rotatable bonds is 6. The molecule has 1 aliphatic rings. The molecule has 3 rings (SSSR count). The standard InChI is InChI=1S/C15H18N4O5/c20-14(17-10-5-6-16-9-10)2-1-7-18-12-4-3-11(19(22)23)8-13(12)24-15(18)21/h3-4,8,10,16H,1-2,5-7,9H2,(H,17,20). The first-order valence-electron chi connectivity index (χ1n) is 7.82. The quantitative estimate of drug-likeness (QED) is 0.594. The van der Waals surface area contributed by atoms with E-state index in [0.29, 0.717) is 24.9 Å². The molecule has 24 heavy (non-hydrogen) atoms. The molecule has 0 saturated carbocycles. The van der Waals surface area contributed by atoms with Crippen molar-refractivity contribution in [3.63, 3.8) is 0 Å². The number of carbonyl (C=O) groups excluding carboxylic acids is 1. The maximum absolute atomic E-state index is 11.9. The van der Waals surface area contributed by atoms with E-state index in [1.54, 1.807) is 0 Å². The van der Waals surface area contributed by atoms with E-state index in [4.69, 9.17) is 4.42 Å². The van der Waals surface area contributed by atoms with Crippen molar-refractivity contribution < 1.29 is 14.1 Å². The van der Waals surface area contributed by atoms with Crippen LogP contribution >= 0.6 is 0 Å². The number of hydrogen-bond acceptors (Lipinski definition) is 6. The molecule has 1 aromatic heterocycles. The van der Waals surface area contributed by atoms with Crippen molar-refractivity contribution in [3.05, 3.63) is 38.9 Å². The van der Waals surface area contributed by atoms with Gasteiger partial charge in [0.1, 0.15) is 0 Å². The van der Waals surface area contributed by atoms with Crippen LogP contribution in [0, 0.1) is 10.1 Å². The fraction of sp³-hybridized carbons (Fsp3) is 0.467. The van der Waals surface area contributed by atoms with E-state index in [-0.39, 0.29) is 23.2 Å². The average molecular weight is 334 g/mol. The number of amides is 1. The number of aryl methyl sites for hydroxylation is 1. The van der Waals surface area contributed by atoms with Crippen LogP contribution in [0.4, 0.5) is 5.69 Å². The minimum Gasteiger partial charge on any atom is -0.407 e. The zero-order chi connectivity index (χ0) is 17.1. The van der Waals surface area contributed by atoms with Gasteiger partial charge in [0, 0.05) is 31.6 Å². The first kappa shape index (κ1) is 16.2. The number of oxazole rings is 1. The minimum atomic E-state index is -0.578. The second-order valence-electron chi connectivity index (χ2n) is 5.79. The smallest absolute Gasteiger partial charge is 0.407 e. The van der Waals surface area contributed by atoms with Gasteiger partial charge >= 0.3 is 5.76 Å². The Morgan fingerprint density at radius 3 is 3.04 bits per heavy atom. The first-order valence-corrected chi connectivity index (χ1v) is 7.82. The van der Waals surface area contributed by atoms with Gasteiger partial charge in [0.2, 0.25) is 5.91 Å². The van der Waals surface area contributed by atoms with Gasteiger partial charge in [-0.15, -0.1) is 0 Å². The second kappa shape index (κ2) is 6.83. The highest BCUT2D eigenvalue weighted by Gasteiger charge is 2.17. The maximum atomic E-state index is 11.9. The number of carbonyl (C=O) groups is 1. The van der Waals surface area contributed by atoms with Gasteiger partial charge in [-0.2, -0.15) is 0 Å². The van der Waals surface area contributed by atoms with E-state index < -0.39 is 10.7 Å². The largest absolute Gasteiger partial charge is 0.419 e. The van der Waals surface area contributed by atoms with Gasteiger partial charge in [-0.1, -0.05) is 0 Å². The van der Waals surface area contributed by atoms with Crippen LogP contribution in [-0.2, 0) is 11.3 Å². The lowest BCUT2D eigenvalue weighted by Gasteiger charge is -2.11. The monoisotopic (exact) mass is 334 g/mol. The Morgan fingerprint density at radius 2 is 2.33 bits per heavy atom. The summed E-state index contributed by atoms with van der Waals surface area (Å²) >= 11 is 0. The summed E-state index contributed by atoms with van der Waals surface area (Å²) in [5.74, 6) is -0.619. The van der Waals surface area contributed by atoms with Crippen LogP contribution in [0.25, 0.3) is 11.1 Å². The highest BCUT2D eigenvalue weighted by Crippen LogP contribution is 2.20. The number of aromatic nitrogens is 1. The Labute approximate surface area is 136 Å². The SMILES string of the molecule is O=C(CCCn1c(=O)oc2cc([N+](=O)[O-])ccc21)NC1CCNC1. The molecule has 0 bridgehead atoms. The molecule has 0 spiro atoms.